The van der Waals surface area contributed by atoms with Crippen LogP contribution in [-0.4, -0.2) is 33.9 Å². The fourth-order valence-corrected chi connectivity index (χ4v) is 3.50. The quantitative estimate of drug-likeness (QED) is 0.620. The van der Waals surface area contributed by atoms with Crippen molar-refractivity contribution in [2.75, 3.05) is 13.1 Å². The van der Waals surface area contributed by atoms with Gasteiger partial charge in [0.2, 0.25) is 5.89 Å². The molecule has 0 radical (unpaired) electrons. The van der Waals surface area contributed by atoms with Crippen LogP contribution in [-0.2, 0) is 6.54 Å². The number of carbonyl (C=O) groups excluding carboxylic acids is 1. The molecule has 1 aliphatic rings. The highest BCUT2D eigenvalue weighted by molar-refractivity contribution is 6.09. The summed E-state index contributed by atoms with van der Waals surface area (Å²) in [5.74, 6) is 1.28. The molecule has 5 heteroatoms. The van der Waals surface area contributed by atoms with Crippen LogP contribution in [0.1, 0.15) is 58.9 Å². The van der Waals surface area contributed by atoms with Gasteiger partial charge in [0, 0.05) is 11.1 Å². The first-order valence-corrected chi connectivity index (χ1v) is 9.45. The number of benzene rings is 2. The third-order valence-corrected chi connectivity index (χ3v) is 5.10. The number of hydrogen-bond donors (Lipinski definition) is 0. The van der Waals surface area contributed by atoms with Crippen molar-refractivity contribution in [3.8, 4) is 0 Å². The van der Waals surface area contributed by atoms with E-state index >= 15 is 0 Å². The van der Waals surface area contributed by atoms with E-state index < -0.39 is 0 Å². The highest BCUT2D eigenvalue weighted by Gasteiger charge is 2.20. The van der Waals surface area contributed by atoms with Crippen molar-refractivity contribution < 1.29 is 9.32 Å². The summed E-state index contributed by atoms with van der Waals surface area (Å²) in [5, 5.41) is 4.14. The number of carbonyl (C=O) groups is 1. The van der Waals surface area contributed by atoms with Crippen molar-refractivity contribution in [1.82, 2.24) is 15.0 Å². The summed E-state index contributed by atoms with van der Waals surface area (Å²) < 4.78 is 5.50. The van der Waals surface area contributed by atoms with Crippen molar-refractivity contribution in [3.05, 3.63) is 83.0 Å². The molecule has 138 valence electrons. The van der Waals surface area contributed by atoms with E-state index in [0.29, 0.717) is 17.0 Å². The van der Waals surface area contributed by atoms with Gasteiger partial charge in [0.25, 0.3) is 0 Å². The molecule has 1 atom stereocenters. The zero-order valence-corrected chi connectivity index (χ0v) is 15.5. The predicted molar refractivity (Wildman–Crippen MR) is 103 cm³/mol. The number of hydrogen-bond acceptors (Lipinski definition) is 5. The molecule has 0 aliphatic carbocycles. The minimum Gasteiger partial charge on any atom is -0.339 e. The summed E-state index contributed by atoms with van der Waals surface area (Å²) >= 11 is 0. The fraction of sp³-hybridized carbons (Fsp3) is 0.318. The summed E-state index contributed by atoms with van der Waals surface area (Å²) in [6.07, 6.45) is 2.48. The Morgan fingerprint density at radius 1 is 1.07 bits per heavy atom. The third-order valence-electron chi connectivity index (χ3n) is 5.10. The SMILES string of the molecule is CC(c1cccc(C(=O)c2ccccc2)c1)c1nc(CN2CCCC2)no1. The maximum absolute atomic E-state index is 12.7. The van der Waals surface area contributed by atoms with Crippen molar-refractivity contribution in [3.63, 3.8) is 0 Å². The Kier molecular flexibility index (Phi) is 5.12. The Bertz CT molecular complexity index is 914. The average Bonchev–Trinajstić information content (AvgIpc) is 3.40. The number of aromatic nitrogens is 2. The largest absolute Gasteiger partial charge is 0.339 e. The van der Waals surface area contributed by atoms with Crippen LogP contribution in [0.15, 0.2) is 59.1 Å². The van der Waals surface area contributed by atoms with E-state index in [1.54, 1.807) is 0 Å². The summed E-state index contributed by atoms with van der Waals surface area (Å²) in [6.45, 7) is 4.97. The Balaban J connectivity index is 1.51. The molecule has 27 heavy (non-hydrogen) atoms. The molecule has 2 aromatic carbocycles. The molecule has 0 saturated carbocycles. The van der Waals surface area contributed by atoms with Gasteiger partial charge in [-0.3, -0.25) is 9.69 Å². The summed E-state index contributed by atoms with van der Waals surface area (Å²) in [7, 11) is 0. The molecule has 5 nitrogen and oxygen atoms in total. The molecule has 1 aromatic heterocycles. The van der Waals surface area contributed by atoms with Gasteiger partial charge in [0.05, 0.1) is 12.5 Å². The van der Waals surface area contributed by atoms with Crippen LogP contribution >= 0.6 is 0 Å². The van der Waals surface area contributed by atoms with Gasteiger partial charge in [-0.25, -0.2) is 0 Å². The molecular formula is C22H23N3O2. The van der Waals surface area contributed by atoms with Crippen molar-refractivity contribution in [1.29, 1.82) is 0 Å². The molecule has 1 aliphatic heterocycles. The smallest absolute Gasteiger partial charge is 0.233 e. The molecular weight excluding hydrogens is 338 g/mol. The molecule has 0 bridgehead atoms. The van der Waals surface area contributed by atoms with E-state index in [4.69, 9.17) is 4.52 Å². The van der Waals surface area contributed by atoms with Crippen LogP contribution < -0.4 is 0 Å². The van der Waals surface area contributed by atoms with E-state index in [1.165, 1.54) is 12.8 Å². The Labute approximate surface area is 159 Å². The molecule has 0 N–H and O–H groups in total. The normalized spacial score (nSPS) is 15.7. The van der Waals surface area contributed by atoms with Gasteiger partial charge in [-0.05, 0) is 44.5 Å². The second kappa shape index (κ2) is 7.84. The van der Waals surface area contributed by atoms with E-state index in [2.05, 4.69) is 15.0 Å². The molecule has 0 spiro atoms. The second-order valence-electron chi connectivity index (χ2n) is 7.07. The summed E-state index contributed by atoms with van der Waals surface area (Å²) in [5.41, 5.74) is 2.35. The van der Waals surface area contributed by atoms with E-state index in [9.17, 15) is 4.79 Å². The maximum atomic E-state index is 12.7. The number of likely N-dealkylation sites (tertiary alicyclic amines) is 1. The fourth-order valence-electron chi connectivity index (χ4n) is 3.50. The Morgan fingerprint density at radius 2 is 1.81 bits per heavy atom. The van der Waals surface area contributed by atoms with Gasteiger partial charge < -0.3 is 4.52 Å². The summed E-state index contributed by atoms with van der Waals surface area (Å²) in [4.78, 5) is 19.6. The average molecular weight is 361 g/mol. The molecule has 0 amide bonds. The van der Waals surface area contributed by atoms with Crippen molar-refractivity contribution in [2.45, 2.75) is 32.2 Å². The topological polar surface area (TPSA) is 59.2 Å². The highest BCUT2D eigenvalue weighted by Crippen LogP contribution is 2.25. The molecule has 4 rings (SSSR count). The van der Waals surface area contributed by atoms with E-state index in [1.807, 2.05) is 61.5 Å². The first-order chi connectivity index (χ1) is 13.2. The van der Waals surface area contributed by atoms with Crippen LogP contribution in [0.25, 0.3) is 0 Å². The number of ketones is 1. The lowest BCUT2D eigenvalue weighted by Gasteiger charge is -2.10. The molecule has 1 fully saturated rings. The van der Waals surface area contributed by atoms with Gasteiger partial charge in [-0.2, -0.15) is 4.98 Å². The summed E-state index contributed by atoms with van der Waals surface area (Å²) in [6, 6.07) is 17.0. The van der Waals surface area contributed by atoms with Gasteiger partial charge in [-0.1, -0.05) is 53.7 Å². The first kappa shape index (κ1) is 17.6. The monoisotopic (exact) mass is 361 g/mol. The van der Waals surface area contributed by atoms with Crippen LogP contribution in [0.3, 0.4) is 0 Å². The minimum absolute atomic E-state index is 0.0184. The predicted octanol–water partition coefficient (Wildman–Crippen LogP) is 4.05. The first-order valence-electron chi connectivity index (χ1n) is 9.45. The van der Waals surface area contributed by atoms with Crippen LogP contribution in [0.5, 0.6) is 0 Å². The van der Waals surface area contributed by atoms with Gasteiger partial charge in [0.1, 0.15) is 0 Å². The number of rotatable bonds is 6. The zero-order chi connectivity index (χ0) is 18.6. The van der Waals surface area contributed by atoms with Gasteiger partial charge >= 0.3 is 0 Å². The van der Waals surface area contributed by atoms with Crippen LogP contribution in [0.2, 0.25) is 0 Å². The van der Waals surface area contributed by atoms with Gasteiger partial charge in [-0.15, -0.1) is 0 Å². The van der Waals surface area contributed by atoms with E-state index in [-0.39, 0.29) is 11.7 Å². The molecule has 3 aromatic rings. The second-order valence-corrected chi connectivity index (χ2v) is 7.07. The highest BCUT2D eigenvalue weighted by atomic mass is 16.5. The maximum Gasteiger partial charge on any atom is 0.233 e. The molecule has 2 heterocycles. The zero-order valence-electron chi connectivity index (χ0n) is 15.5. The van der Waals surface area contributed by atoms with Crippen molar-refractivity contribution >= 4 is 5.78 Å². The minimum atomic E-state index is -0.0617. The lowest BCUT2D eigenvalue weighted by molar-refractivity contribution is 0.103. The standard InChI is InChI=1S/C22H23N3O2/c1-16(22-23-20(24-27-22)15-25-12-5-6-13-25)18-10-7-11-19(14-18)21(26)17-8-3-2-4-9-17/h2-4,7-11,14,16H,5-6,12-13,15H2,1H3. The molecule has 1 saturated heterocycles. The van der Waals surface area contributed by atoms with Crippen LogP contribution in [0, 0.1) is 0 Å². The lowest BCUT2D eigenvalue weighted by Crippen LogP contribution is -2.19. The number of nitrogens with zero attached hydrogens (tertiary/aromatic N) is 3. The van der Waals surface area contributed by atoms with E-state index in [0.717, 1.165) is 31.0 Å². The van der Waals surface area contributed by atoms with Crippen LogP contribution in [0.4, 0.5) is 0 Å². The third kappa shape index (κ3) is 3.98. The van der Waals surface area contributed by atoms with Crippen molar-refractivity contribution in [2.24, 2.45) is 0 Å². The molecule has 1 unspecified atom stereocenters. The lowest BCUT2D eigenvalue weighted by atomic mass is 9.95. The Morgan fingerprint density at radius 3 is 2.59 bits per heavy atom. The van der Waals surface area contributed by atoms with Gasteiger partial charge in [0.15, 0.2) is 11.6 Å². The Hall–Kier alpha value is -2.79.